The van der Waals surface area contributed by atoms with Crippen molar-refractivity contribution in [2.24, 2.45) is 5.84 Å². The van der Waals surface area contributed by atoms with Gasteiger partial charge in [0.05, 0.1) is 11.3 Å². The largest absolute Gasteiger partial charge is 0.487 e. The number of aromatic nitrogens is 1. The highest BCUT2D eigenvalue weighted by Crippen LogP contribution is 2.18. The lowest BCUT2D eigenvalue weighted by Gasteiger charge is -2.06. The maximum atomic E-state index is 11.2. The van der Waals surface area contributed by atoms with Gasteiger partial charge in [0.25, 0.3) is 5.91 Å². The first-order valence-corrected chi connectivity index (χ1v) is 5.91. The summed E-state index contributed by atoms with van der Waals surface area (Å²) in [5.41, 5.74) is 3.14. The maximum absolute atomic E-state index is 11.2. The number of carbonyl (C=O) groups excluding carboxylic acids is 1. The number of benzene rings is 1. The summed E-state index contributed by atoms with van der Waals surface area (Å²) in [5, 5.41) is 0.612. The minimum Gasteiger partial charge on any atom is -0.487 e. The van der Waals surface area contributed by atoms with Crippen LogP contribution >= 0.6 is 11.6 Å². The zero-order valence-electron chi connectivity index (χ0n) is 9.97. The highest BCUT2D eigenvalue weighted by atomic mass is 35.5. The Balaban J connectivity index is 1.98. The molecule has 0 fully saturated rings. The van der Waals surface area contributed by atoms with Crippen LogP contribution in [0.4, 0.5) is 0 Å². The number of amides is 1. The van der Waals surface area contributed by atoms with Crippen LogP contribution in [0, 0.1) is 0 Å². The number of nitrogens with two attached hydrogens (primary N) is 1. The van der Waals surface area contributed by atoms with Crippen LogP contribution < -0.4 is 16.0 Å². The Morgan fingerprint density at radius 1 is 1.37 bits per heavy atom. The zero-order chi connectivity index (χ0) is 13.7. The van der Waals surface area contributed by atoms with Crippen LogP contribution in [-0.4, -0.2) is 10.9 Å². The van der Waals surface area contributed by atoms with E-state index in [1.165, 1.54) is 6.20 Å². The molecule has 2 rings (SSSR count). The summed E-state index contributed by atoms with van der Waals surface area (Å²) in [6.45, 7) is 0.296. The molecule has 6 heteroatoms. The molecule has 0 atom stereocenters. The Morgan fingerprint density at radius 3 is 2.84 bits per heavy atom. The molecule has 0 radical (unpaired) electrons. The number of halogens is 1. The molecule has 3 N–H and O–H groups in total. The predicted molar refractivity (Wildman–Crippen MR) is 71.7 cm³/mol. The van der Waals surface area contributed by atoms with Gasteiger partial charge in [-0.05, 0) is 30.3 Å². The van der Waals surface area contributed by atoms with Gasteiger partial charge >= 0.3 is 0 Å². The molecule has 0 bridgehead atoms. The minimum atomic E-state index is -0.380. The third-order valence-corrected chi connectivity index (χ3v) is 2.64. The fourth-order valence-electron chi connectivity index (χ4n) is 1.44. The maximum Gasteiger partial charge on any atom is 0.266 e. The predicted octanol–water partition coefficient (Wildman–Crippen LogP) is 1.92. The topological polar surface area (TPSA) is 77.2 Å². The zero-order valence-corrected chi connectivity index (χ0v) is 10.7. The van der Waals surface area contributed by atoms with E-state index in [1.807, 2.05) is 11.5 Å². The second-order valence-corrected chi connectivity index (χ2v) is 4.19. The highest BCUT2D eigenvalue weighted by Gasteiger charge is 2.04. The molecule has 0 spiro atoms. The third-order valence-electron chi connectivity index (χ3n) is 2.40. The first-order chi connectivity index (χ1) is 9.19. The van der Waals surface area contributed by atoms with Gasteiger partial charge in [0.2, 0.25) is 0 Å². The van der Waals surface area contributed by atoms with Crippen LogP contribution in [0.5, 0.6) is 5.75 Å². The van der Waals surface area contributed by atoms with Crippen molar-refractivity contribution < 1.29 is 9.53 Å². The van der Waals surface area contributed by atoms with Gasteiger partial charge in [-0.25, -0.2) is 5.84 Å². The number of carbonyl (C=O) groups is 1. The Bertz CT molecular complexity index is 572. The molecular formula is C13H12ClN3O2. The second-order valence-electron chi connectivity index (χ2n) is 3.76. The number of ether oxygens (including phenoxy) is 1. The van der Waals surface area contributed by atoms with Gasteiger partial charge in [-0.2, -0.15) is 0 Å². The average Bonchev–Trinajstić information content (AvgIpc) is 2.45. The van der Waals surface area contributed by atoms with Crippen molar-refractivity contribution in [1.82, 2.24) is 10.4 Å². The molecule has 98 valence electrons. The van der Waals surface area contributed by atoms with E-state index in [0.29, 0.717) is 28.6 Å². The van der Waals surface area contributed by atoms with Crippen molar-refractivity contribution in [2.75, 3.05) is 0 Å². The number of pyridine rings is 1. The molecule has 0 saturated heterocycles. The van der Waals surface area contributed by atoms with E-state index in [4.69, 9.17) is 22.2 Å². The van der Waals surface area contributed by atoms with Crippen molar-refractivity contribution in [1.29, 1.82) is 0 Å². The summed E-state index contributed by atoms with van der Waals surface area (Å²) in [6, 6.07) is 10.4. The number of hydrazine groups is 1. The summed E-state index contributed by atoms with van der Waals surface area (Å²) in [6.07, 6.45) is 1.44. The van der Waals surface area contributed by atoms with Crippen LogP contribution in [0.2, 0.25) is 5.02 Å². The summed E-state index contributed by atoms with van der Waals surface area (Å²) in [5.74, 6) is 5.31. The molecule has 0 aliphatic carbocycles. The van der Waals surface area contributed by atoms with Gasteiger partial charge in [0, 0.05) is 11.2 Å². The van der Waals surface area contributed by atoms with Gasteiger partial charge in [-0.3, -0.25) is 15.2 Å². The fourth-order valence-corrected chi connectivity index (χ4v) is 1.62. The van der Waals surface area contributed by atoms with Gasteiger partial charge in [-0.1, -0.05) is 17.7 Å². The SMILES string of the molecule is NNC(=O)c1ccc(COc2cccc(Cl)c2)nc1. The van der Waals surface area contributed by atoms with E-state index < -0.39 is 0 Å². The van der Waals surface area contributed by atoms with E-state index in [9.17, 15) is 4.79 Å². The van der Waals surface area contributed by atoms with Crippen molar-refractivity contribution >= 4 is 17.5 Å². The van der Waals surface area contributed by atoms with E-state index in [0.717, 1.165) is 0 Å². The van der Waals surface area contributed by atoms with Crippen LogP contribution in [0.3, 0.4) is 0 Å². The standard InChI is InChI=1S/C13H12ClN3O2/c14-10-2-1-3-12(6-10)19-8-11-5-4-9(7-16-11)13(18)17-15/h1-7H,8,15H2,(H,17,18). The molecule has 5 nitrogen and oxygen atoms in total. The first-order valence-electron chi connectivity index (χ1n) is 5.53. The van der Waals surface area contributed by atoms with Crippen LogP contribution in [0.1, 0.15) is 16.1 Å². The van der Waals surface area contributed by atoms with Gasteiger partial charge < -0.3 is 4.74 Å². The normalized spacial score (nSPS) is 10.0. The lowest BCUT2D eigenvalue weighted by atomic mass is 10.2. The Morgan fingerprint density at radius 2 is 2.21 bits per heavy atom. The quantitative estimate of drug-likeness (QED) is 0.508. The Labute approximate surface area is 115 Å². The first kappa shape index (κ1) is 13.3. The number of hydrogen-bond donors (Lipinski definition) is 2. The van der Waals surface area contributed by atoms with Crippen molar-refractivity contribution in [3.05, 3.63) is 58.9 Å². The van der Waals surface area contributed by atoms with Gasteiger partial charge in [-0.15, -0.1) is 0 Å². The van der Waals surface area contributed by atoms with E-state index in [-0.39, 0.29) is 5.91 Å². The van der Waals surface area contributed by atoms with Crippen LogP contribution in [-0.2, 0) is 6.61 Å². The lowest BCUT2D eigenvalue weighted by molar-refractivity contribution is 0.0953. The van der Waals surface area contributed by atoms with Crippen molar-refractivity contribution in [3.63, 3.8) is 0 Å². The molecule has 1 aromatic heterocycles. The molecule has 19 heavy (non-hydrogen) atoms. The minimum absolute atomic E-state index is 0.296. The van der Waals surface area contributed by atoms with Gasteiger partial charge in [0.1, 0.15) is 12.4 Å². The second kappa shape index (κ2) is 6.17. The summed E-state index contributed by atoms with van der Waals surface area (Å²) in [7, 11) is 0. The van der Waals surface area contributed by atoms with Crippen molar-refractivity contribution in [2.45, 2.75) is 6.61 Å². The molecule has 0 aliphatic heterocycles. The number of nitrogen functional groups attached to an aromatic ring is 1. The average molecular weight is 278 g/mol. The third kappa shape index (κ3) is 3.67. The van der Waals surface area contributed by atoms with Crippen molar-refractivity contribution in [3.8, 4) is 5.75 Å². The lowest BCUT2D eigenvalue weighted by Crippen LogP contribution is -2.30. The Kier molecular flexibility index (Phi) is 4.33. The molecule has 1 heterocycles. The molecule has 1 aromatic carbocycles. The monoisotopic (exact) mass is 277 g/mol. The fraction of sp³-hybridized carbons (Fsp3) is 0.0769. The van der Waals surface area contributed by atoms with Crippen LogP contribution in [0.15, 0.2) is 42.6 Å². The van der Waals surface area contributed by atoms with Gasteiger partial charge in [0.15, 0.2) is 0 Å². The highest BCUT2D eigenvalue weighted by molar-refractivity contribution is 6.30. The number of hydrogen-bond acceptors (Lipinski definition) is 4. The molecule has 1 amide bonds. The summed E-state index contributed by atoms with van der Waals surface area (Å²) >= 11 is 5.85. The number of rotatable bonds is 4. The van der Waals surface area contributed by atoms with Crippen LogP contribution in [0.25, 0.3) is 0 Å². The van der Waals surface area contributed by atoms with E-state index >= 15 is 0 Å². The molecule has 2 aromatic rings. The van der Waals surface area contributed by atoms with E-state index in [1.54, 1.807) is 30.3 Å². The summed E-state index contributed by atoms with van der Waals surface area (Å²) in [4.78, 5) is 15.3. The molecule has 0 aliphatic rings. The number of nitrogens with zero attached hydrogens (tertiary/aromatic N) is 1. The summed E-state index contributed by atoms with van der Waals surface area (Å²) < 4.78 is 5.53. The molecular weight excluding hydrogens is 266 g/mol. The smallest absolute Gasteiger partial charge is 0.266 e. The molecule has 0 saturated carbocycles. The molecule has 0 unspecified atom stereocenters. The Hall–Kier alpha value is -2.11. The van der Waals surface area contributed by atoms with E-state index in [2.05, 4.69) is 4.98 Å². The number of nitrogens with one attached hydrogen (secondary N) is 1.